The van der Waals surface area contributed by atoms with Crippen LogP contribution in [0, 0.1) is 5.41 Å². The molecule has 3 N–H and O–H groups in total. The summed E-state index contributed by atoms with van der Waals surface area (Å²) in [5.74, 6) is -0.891. The van der Waals surface area contributed by atoms with Crippen LogP contribution in [0.25, 0.3) is 0 Å². The summed E-state index contributed by atoms with van der Waals surface area (Å²) in [6.07, 6.45) is 2.93. The van der Waals surface area contributed by atoms with Crippen molar-refractivity contribution in [1.82, 2.24) is 16.0 Å². The molecule has 136 valence electrons. The van der Waals surface area contributed by atoms with Gasteiger partial charge in [0.05, 0.1) is 19.1 Å². The predicted octanol–water partition coefficient (Wildman–Crippen LogP) is 1.46. The Morgan fingerprint density at radius 3 is 2.48 bits per heavy atom. The second-order valence-electron chi connectivity index (χ2n) is 7.37. The first-order chi connectivity index (χ1) is 11.8. The molecule has 0 aromatic heterocycles. The number of benzene rings is 1. The predicted molar refractivity (Wildman–Crippen MR) is 95.7 cm³/mol. The van der Waals surface area contributed by atoms with E-state index in [9.17, 15) is 14.4 Å². The van der Waals surface area contributed by atoms with E-state index in [0.717, 1.165) is 24.8 Å². The number of hydrogen-bond acceptors (Lipinski definition) is 3. The molecule has 1 aromatic rings. The van der Waals surface area contributed by atoms with Crippen molar-refractivity contribution in [2.24, 2.45) is 5.41 Å². The van der Waals surface area contributed by atoms with Crippen LogP contribution in [0.5, 0.6) is 0 Å². The second kappa shape index (κ2) is 8.14. The average Bonchev–Trinajstić information content (AvgIpc) is 2.68. The minimum Gasteiger partial charge on any atom is -0.348 e. The third-order valence-electron chi connectivity index (χ3n) is 4.54. The average molecular weight is 345 g/mol. The molecule has 0 aliphatic heterocycles. The van der Waals surface area contributed by atoms with Crippen LogP contribution in [0.3, 0.4) is 0 Å². The Kier molecular flexibility index (Phi) is 6.17. The van der Waals surface area contributed by atoms with Gasteiger partial charge in [-0.2, -0.15) is 0 Å². The van der Waals surface area contributed by atoms with Crippen molar-refractivity contribution in [1.29, 1.82) is 0 Å². The SMILES string of the molecule is CC(=O)NCC(=O)NCC(=O)NC1CC(C)(C)CCc2ccccc21. The Morgan fingerprint density at radius 2 is 1.76 bits per heavy atom. The first-order valence-electron chi connectivity index (χ1n) is 8.65. The first-order valence-corrected chi connectivity index (χ1v) is 8.65. The van der Waals surface area contributed by atoms with Gasteiger partial charge in [-0.3, -0.25) is 14.4 Å². The van der Waals surface area contributed by atoms with E-state index in [2.05, 4.69) is 41.9 Å². The molecule has 25 heavy (non-hydrogen) atoms. The lowest BCUT2D eigenvalue weighted by Gasteiger charge is -2.27. The van der Waals surface area contributed by atoms with Crippen molar-refractivity contribution in [3.8, 4) is 0 Å². The van der Waals surface area contributed by atoms with Crippen LogP contribution in [0.1, 0.15) is 50.8 Å². The van der Waals surface area contributed by atoms with Crippen LogP contribution in [-0.4, -0.2) is 30.8 Å². The molecule has 6 nitrogen and oxygen atoms in total. The monoisotopic (exact) mass is 345 g/mol. The molecule has 0 spiro atoms. The van der Waals surface area contributed by atoms with E-state index in [0.29, 0.717) is 0 Å². The zero-order chi connectivity index (χ0) is 18.4. The highest BCUT2D eigenvalue weighted by molar-refractivity contribution is 5.87. The largest absolute Gasteiger partial charge is 0.348 e. The fraction of sp³-hybridized carbons (Fsp3) is 0.526. The van der Waals surface area contributed by atoms with E-state index >= 15 is 0 Å². The number of amides is 3. The van der Waals surface area contributed by atoms with Gasteiger partial charge in [0.2, 0.25) is 17.7 Å². The molecule has 1 aromatic carbocycles. The van der Waals surface area contributed by atoms with Crippen LogP contribution in [0.4, 0.5) is 0 Å². The Morgan fingerprint density at radius 1 is 1.08 bits per heavy atom. The lowest BCUT2D eigenvalue weighted by molar-refractivity contribution is -0.127. The smallest absolute Gasteiger partial charge is 0.239 e. The Balaban J connectivity index is 1.96. The van der Waals surface area contributed by atoms with Crippen molar-refractivity contribution in [2.45, 2.75) is 46.1 Å². The summed E-state index contributed by atoms with van der Waals surface area (Å²) in [6.45, 7) is 5.55. The maximum atomic E-state index is 12.3. The van der Waals surface area contributed by atoms with Gasteiger partial charge in [0.25, 0.3) is 0 Å². The maximum absolute atomic E-state index is 12.3. The van der Waals surface area contributed by atoms with Gasteiger partial charge in [-0.25, -0.2) is 0 Å². The van der Waals surface area contributed by atoms with Crippen LogP contribution in [-0.2, 0) is 20.8 Å². The summed E-state index contributed by atoms with van der Waals surface area (Å²) >= 11 is 0. The number of carbonyl (C=O) groups excluding carboxylic acids is 3. The Hall–Kier alpha value is -2.37. The van der Waals surface area contributed by atoms with Gasteiger partial charge in [-0.05, 0) is 35.8 Å². The quantitative estimate of drug-likeness (QED) is 0.706. The molecule has 6 heteroatoms. The van der Waals surface area contributed by atoms with E-state index in [1.165, 1.54) is 12.5 Å². The Bertz CT molecular complexity index is 655. The number of carbonyl (C=O) groups is 3. The van der Waals surface area contributed by atoms with Crippen LogP contribution in [0.2, 0.25) is 0 Å². The van der Waals surface area contributed by atoms with Gasteiger partial charge < -0.3 is 16.0 Å². The highest BCUT2D eigenvalue weighted by atomic mass is 16.2. The zero-order valence-electron chi connectivity index (χ0n) is 15.1. The molecule has 2 rings (SSSR count). The van der Waals surface area contributed by atoms with E-state index in [1.807, 2.05) is 12.1 Å². The summed E-state index contributed by atoms with van der Waals surface area (Å²) < 4.78 is 0. The van der Waals surface area contributed by atoms with E-state index < -0.39 is 0 Å². The van der Waals surface area contributed by atoms with E-state index in [1.54, 1.807) is 0 Å². The molecular formula is C19H27N3O3. The molecule has 3 amide bonds. The van der Waals surface area contributed by atoms with E-state index in [4.69, 9.17) is 0 Å². The van der Waals surface area contributed by atoms with Crippen molar-refractivity contribution < 1.29 is 14.4 Å². The fourth-order valence-electron chi connectivity index (χ4n) is 3.16. The fourth-order valence-corrected chi connectivity index (χ4v) is 3.16. The number of nitrogens with one attached hydrogen (secondary N) is 3. The van der Waals surface area contributed by atoms with Gasteiger partial charge in [-0.15, -0.1) is 0 Å². The molecule has 0 saturated heterocycles. The van der Waals surface area contributed by atoms with Crippen LogP contribution >= 0.6 is 0 Å². The standard InChI is InChI=1S/C19H27N3O3/c1-13(23)20-11-17(24)21-12-18(25)22-16-10-19(2,3)9-8-14-6-4-5-7-15(14)16/h4-7,16H,8-12H2,1-3H3,(H,20,23)(H,21,24)(H,22,25). The van der Waals surface area contributed by atoms with Gasteiger partial charge in [0.15, 0.2) is 0 Å². The van der Waals surface area contributed by atoms with Crippen LogP contribution < -0.4 is 16.0 Å². The number of aryl methyl sites for hydroxylation is 1. The third kappa shape index (κ3) is 5.89. The molecule has 1 aliphatic rings. The number of fused-ring (bicyclic) bond motifs is 1. The van der Waals surface area contributed by atoms with Gasteiger partial charge in [0, 0.05) is 6.92 Å². The minimum absolute atomic E-state index is 0.0616. The summed E-state index contributed by atoms with van der Waals surface area (Å²) in [7, 11) is 0. The normalized spacial score (nSPS) is 18.4. The highest BCUT2D eigenvalue weighted by Crippen LogP contribution is 2.39. The van der Waals surface area contributed by atoms with Gasteiger partial charge in [0.1, 0.15) is 0 Å². The van der Waals surface area contributed by atoms with Gasteiger partial charge in [-0.1, -0.05) is 38.1 Å². The summed E-state index contributed by atoms with van der Waals surface area (Å²) in [5.41, 5.74) is 2.56. The molecule has 0 radical (unpaired) electrons. The first kappa shape index (κ1) is 19.0. The number of hydrogen-bond donors (Lipinski definition) is 3. The second-order valence-corrected chi connectivity index (χ2v) is 7.37. The van der Waals surface area contributed by atoms with Crippen molar-refractivity contribution >= 4 is 17.7 Å². The molecule has 0 fully saturated rings. The lowest BCUT2D eigenvalue weighted by atomic mass is 9.83. The summed E-state index contributed by atoms with van der Waals surface area (Å²) in [4.78, 5) is 34.7. The molecule has 1 unspecified atom stereocenters. The van der Waals surface area contributed by atoms with Crippen molar-refractivity contribution in [3.63, 3.8) is 0 Å². The van der Waals surface area contributed by atoms with Crippen molar-refractivity contribution in [2.75, 3.05) is 13.1 Å². The van der Waals surface area contributed by atoms with Crippen LogP contribution in [0.15, 0.2) is 24.3 Å². The molecule has 0 heterocycles. The van der Waals surface area contributed by atoms with Crippen molar-refractivity contribution in [3.05, 3.63) is 35.4 Å². The van der Waals surface area contributed by atoms with Gasteiger partial charge >= 0.3 is 0 Å². The molecule has 1 atom stereocenters. The van der Waals surface area contributed by atoms with E-state index in [-0.39, 0.29) is 42.3 Å². The molecular weight excluding hydrogens is 318 g/mol. The zero-order valence-corrected chi connectivity index (χ0v) is 15.1. The molecule has 0 saturated carbocycles. The molecule has 1 aliphatic carbocycles. The summed E-state index contributed by atoms with van der Waals surface area (Å²) in [5, 5.41) is 7.97. The Labute approximate surface area is 148 Å². The minimum atomic E-state index is -0.382. The maximum Gasteiger partial charge on any atom is 0.239 e. The topological polar surface area (TPSA) is 87.3 Å². The number of rotatable bonds is 5. The summed E-state index contributed by atoms with van der Waals surface area (Å²) in [6, 6.07) is 8.14. The third-order valence-corrected chi connectivity index (χ3v) is 4.54. The highest BCUT2D eigenvalue weighted by Gasteiger charge is 2.30. The lowest BCUT2D eigenvalue weighted by Crippen LogP contribution is -2.42. The molecule has 0 bridgehead atoms.